The quantitative estimate of drug-likeness (QED) is 0.406. The molecule has 200 valence electrons. The Bertz CT molecular complexity index is 1580. The Morgan fingerprint density at radius 2 is 1.79 bits per heavy atom. The molecule has 0 unspecified atom stereocenters. The normalized spacial score (nSPS) is 15.3. The molecule has 1 aromatic heterocycles. The van der Waals surface area contributed by atoms with Crippen molar-refractivity contribution >= 4 is 23.4 Å². The van der Waals surface area contributed by atoms with Gasteiger partial charge in [0, 0.05) is 0 Å². The summed E-state index contributed by atoms with van der Waals surface area (Å²) >= 11 is 1.28. The molecule has 9 heteroatoms. The maximum absolute atomic E-state index is 13.8. The predicted octanol–water partition coefficient (Wildman–Crippen LogP) is 3.91. The van der Waals surface area contributed by atoms with Gasteiger partial charge in [0.2, 0.25) is 0 Å². The van der Waals surface area contributed by atoms with Gasteiger partial charge >= 0.3 is 5.97 Å². The van der Waals surface area contributed by atoms with Crippen LogP contribution in [0.4, 0.5) is 0 Å². The lowest BCUT2D eigenvalue weighted by Crippen LogP contribution is -2.40. The Labute approximate surface area is 225 Å². The summed E-state index contributed by atoms with van der Waals surface area (Å²) in [5.74, 6) is 1.34. The van der Waals surface area contributed by atoms with E-state index < -0.39 is 12.0 Å². The van der Waals surface area contributed by atoms with Gasteiger partial charge in [-0.15, -0.1) is 0 Å². The van der Waals surface area contributed by atoms with Crippen LogP contribution in [-0.4, -0.2) is 37.5 Å². The van der Waals surface area contributed by atoms with Gasteiger partial charge in [0.05, 0.1) is 48.8 Å². The molecule has 0 amide bonds. The first-order chi connectivity index (χ1) is 18.2. The van der Waals surface area contributed by atoms with E-state index in [1.165, 1.54) is 11.3 Å². The number of esters is 1. The number of aromatic nitrogens is 1. The number of carbonyl (C=O) groups excluding carboxylic acids is 1. The lowest BCUT2D eigenvalue weighted by Gasteiger charge is -2.25. The number of aryl methyl sites for hydroxylation is 1. The zero-order valence-electron chi connectivity index (χ0n) is 22.7. The minimum atomic E-state index is -0.743. The van der Waals surface area contributed by atoms with Crippen molar-refractivity contribution in [2.24, 2.45) is 4.99 Å². The third kappa shape index (κ3) is 5.24. The first-order valence-electron chi connectivity index (χ1n) is 12.4. The molecule has 4 rings (SSSR count). The predicted molar refractivity (Wildman–Crippen MR) is 147 cm³/mol. The van der Waals surface area contributed by atoms with E-state index >= 15 is 0 Å². The summed E-state index contributed by atoms with van der Waals surface area (Å²) in [5, 5.41) is 0. The zero-order valence-corrected chi connectivity index (χ0v) is 23.5. The molecule has 0 bridgehead atoms. The summed E-state index contributed by atoms with van der Waals surface area (Å²) in [5.41, 5.74) is 3.08. The Hall–Kier alpha value is -3.85. The van der Waals surface area contributed by atoms with Crippen LogP contribution in [0.1, 0.15) is 50.4 Å². The lowest BCUT2D eigenvalue weighted by atomic mass is 9.95. The van der Waals surface area contributed by atoms with Crippen molar-refractivity contribution in [2.75, 3.05) is 20.8 Å². The molecule has 0 N–H and O–H groups in total. The molecule has 3 aromatic rings. The first-order valence-corrected chi connectivity index (χ1v) is 13.2. The van der Waals surface area contributed by atoms with E-state index in [4.69, 9.17) is 18.9 Å². The average Bonchev–Trinajstić information content (AvgIpc) is 3.17. The van der Waals surface area contributed by atoms with E-state index in [0.29, 0.717) is 37.7 Å². The third-order valence-electron chi connectivity index (χ3n) is 6.10. The van der Waals surface area contributed by atoms with E-state index in [0.717, 1.165) is 16.9 Å². The van der Waals surface area contributed by atoms with Crippen molar-refractivity contribution in [3.05, 3.63) is 84.0 Å². The standard InChI is InChI=1S/C29H32N2O6S/c1-8-36-28(33)25-18(5)30-29-31(26(25)20-10-12-22(37-16(2)3)23(15-20)35-7)27(32)24(38-29)14-19-9-11-21(34-6)17(4)13-19/h9-16,26H,8H2,1-7H3/b24-14-/t26-/m0/s1. The highest BCUT2D eigenvalue weighted by Gasteiger charge is 2.34. The Kier molecular flexibility index (Phi) is 8.06. The highest BCUT2D eigenvalue weighted by Crippen LogP contribution is 2.36. The summed E-state index contributed by atoms with van der Waals surface area (Å²) in [6.45, 7) is 9.52. The van der Waals surface area contributed by atoms with Crippen LogP contribution in [-0.2, 0) is 9.53 Å². The molecular weight excluding hydrogens is 504 g/mol. The van der Waals surface area contributed by atoms with E-state index in [2.05, 4.69) is 4.99 Å². The van der Waals surface area contributed by atoms with Crippen LogP contribution in [0.15, 0.2) is 57.5 Å². The van der Waals surface area contributed by atoms with Crippen molar-refractivity contribution < 1.29 is 23.7 Å². The fourth-order valence-electron chi connectivity index (χ4n) is 4.46. The molecule has 1 atom stereocenters. The van der Waals surface area contributed by atoms with Gasteiger partial charge < -0.3 is 18.9 Å². The number of methoxy groups -OCH3 is 2. The SMILES string of the molecule is CCOC(=O)C1=C(C)N=c2s/c(=C\c3ccc(OC)c(C)c3)c(=O)n2[C@H]1c1ccc(OC(C)C)c(OC)c1. The molecule has 38 heavy (non-hydrogen) atoms. The molecule has 0 aliphatic carbocycles. The van der Waals surface area contributed by atoms with Gasteiger partial charge in [-0.1, -0.05) is 23.5 Å². The average molecular weight is 537 g/mol. The summed E-state index contributed by atoms with van der Waals surface area (Å²) < 4.78 is 24.3. The number of carbonyl (C=O) groups is 1. The van der Waals surface area contributed by atoms with Crippen molar-refractivity contribution in [1.82, 2.24) is 4.57 Å². The number of nitrogens with zero attached hydrogens (tertiary/aromatic N) is 2. The van der Waals surface area contributed by atoms with Crippen LogP contribution in [0.3, 0.4) is 0 Å². The molecule has 0 radical (unpaired) electrons. The summed E-state index contributed by atoms with van der Waals surface area (Å²) in [4.78, 5) is 32.1. The van der Waals surface area contributed by atoms with E-state index in [9.17, 15) is 9.59 Å². The lowest BCUT2D eigenvalue weighted by molar-refractivity contribution is -0.139. The van der Waals surface area contributed by atoms with Gasteiger partial charge in [-0.05, 0) is 81.7 Å². The molecule has 2 aromatic carbocycles. The maximum atomic E-state index is 13.8. The number of hydrogen-bond acceptors (Lipinski definition) is 8. The largest absolute Gasteiger partial charge is 0.496 e. The summed E-state index contributed by atoms with van der Waals surface area (Å²) in [6.07, 6.45) is 1.78. The Balaban J connectivity index is 1.93. The second-order valence-corrected chi connectivity index (χ2v) is 10.1. The Morgan fingerprint density at radius 1 is 1.08 bits per heavy atom. The molecule has 8 nitrogen and oxygen atoms in total. The minimum Gasteiger partial charge on any atom is -0.496 e. The fraction of sp³-hybridized carbons (Fsp3) is 0.345. The molecule has 0 spiro atoms. The zero-order chi connectivity index (χ0) is 27.6. The highest BCUT2D eigenvalue weighted by molar-refractivity contribution is 7.07. The van der Waals surface area contributed by atoms with Crippen molar-refractivity contribution in [3.8, 4) is 17.2 Å². The summed E-state index contributed by atoms with van der Waals surface area (Å²) in [7, 11) is 3.18. The maximum Gasteiger partial charge on any atom is 0.338 e. The number of fused-ring (bicyclic) bond motifs is 1. The van der Waals surface area contributed by atoms with E-state index in [-0.39, 0.29) is 18.3 Å². The van der Waals surface area contributed by atoms with Crippen LogP contribution in [0, 0.1) is 6.92 Å². The highest BCUT2D eigenvalue weighted by atomic mass is 32.1. The van der Waals surface area contributed by atoms with Gasteiger partial charge in [-0.3, -0.25) is 9.36 Å². The summed E-state index contributed by atoms with van der Waals surface area (Å²) in [6, 6.07) is 10.4. The van der Waals surface area contributed by atoms with Gasteiger partial charge in [0.25, 0.3) is 5.56 Å². The van der Waals surface area contributed by atoms with Crippen LogP contribution in [0.25, 0.3) is 6.08 Å². The van der Waals surface area contributed by atoms with Gasteiger partial charge in [-0.25, -0.2) is 9.79 Å². The van der Waals surface area contributed by atoms with Gasteiger partial charge in [0.15, 0.2) is 16.3 Å². The fourth-order valence-corrected chi connectivity index (χ4v) is 5.50. The number of benzene rings is 2. The number of thiazole rings is 1. The first kappa shape index (κ1) is 27.2. The van der Waals surface area contributed by atoms with E-state index in [1.807, 2.05) is 51.1 Å². The minimum absolute atomic E-state index is 0.0498. The second-order valence-electron chi connectivity index (χ2n) is 9.11. The molecule has 1 aliphatic heterocycles. The van der Waals surface area contributed by atoms with Crippen LogP contribution >= 0.6 is 11.3 Å². The van der Waals surface area contributed by atoms with Crippen molar-refractivity contribution in [2.45, 2.75) is 46.8 Å². The number of hydrogen-bond donors (Lipinski definition) is 0. The number of rotatable bonds is 8. The van der Waals surface area contributed by atoms with Crippen LogP contribution in [0.2, 0.25) is 0 Å². The molecule has 0 saturated heterocycles. The molecular formula is C29H32N2O6S. The van der Waals surface area contributed by atoms with Crippen molar-refractivity contribution in [3.63, 3.8) is 0 Å². The third-order valence-corrected chi connectivity index (χ3v) is 7.08. The van der Waals surface area contributed by atoms with Gasteiger partial charge in [0.1, 0.15) is 5.75 Å². The van der Waals surface area contributed by atoms with Crippen LogP contribution < -0.4 is 29.1 Å². The second kappa shape index (κ2) is 11.3. The van der Waals surface area contributed by atoms with E-state index in [1.54, 1.807) is 44.8 Å². The monoisotopic (exact) mass is 536 g/mol. The Morgan fingerprint density at radius 3 is 2.42 bits per heavy atom. The van der Waals surface area contributed by atoms with Gasteiger partial charge in [-0.2, -0.15) is 0 Å². The molecule has 1 aliphatic rings. The topological polar surface area (TPSA) is 88.4 Å². The molecule has 0 saturated carbocycles. The number of allylic oxidation sites excluding steroid dienone is 1. The van der Waals surface area contributed by atoms with Crippen LogP contribution in [0.5, 0.6) is 17.2 Å². The molecule has 2 heterocycles. The number of ether oxygens (including phenoxy) is 4. The molecule has 0 fully saturated rings. The smallest absolute Gasteiger partial charge is 0.338 e. The van der Waals surface area contributed by atoms with Crippen molar-refractivity contribution in [1.29, 1.82) is 0 Å².